The summed E-state index contributed by atoms with van der Waals surface area (Å²) < 4.78 is 4.92. The van der Waals surface area contributed by atoms with Gasteiger partial charge in [0.2, 0.25) is 0 Å². The third-order valence-corrected chi connectivity index (χ3v) is 10.4. The first-order chi connectivity index (χ1) is 20.8. The molecule has 9 aromatic rings. The van der Waals surface area contributed by atoms with Crippen molar-refractivity contribution in [2.24, 2.45) is 0 Å². The van der Waals surface area contributed by atoms with E-state index in [0.717, 1.165) is 32.9 Å². The van der Waals surface area contributed by atoms with Crippen LogP contribution in [0.2, 0.25) is 0 Å². The van der Waals surface area contributed by atoms with Gasteiger partial charge in [-0.2, -0.15) is 0 Å². The Hall–Kier alpha value is -4.90. The highest BCUT2D eigenvalue weighted by Gasteiger charge is 2.17. The van der Waals surface area contributed by atoms with Crippen LogP contribution in [0.15, 0.2) is 133 Å². The molecular formula is C38H22N2S2. The van der Waals surface area contributed by atoms with Crippen molar-refractivity contribution in [1.82, 2.24) is 9.97 Å². The number of aromatic nitrogens is 2. The Morgan fingerprint density at radius 2 is 1.05 bits per heavy atom. The molecule has 0 unspecified atom stereocenters. The molecule has 0 aliphatic heterocycles. The third-order valence-electron chi connectivity index (χ3n) is 8.10. The molecular weight excluding hydrogens is 549 g/mol. The lowest BCUT2D eigenvalue weighted by atomic mass is 9.99. The van der Waals surface area contributed by atoms with Gasteiger partial charge in [-0.05, 0) is 46.2 Å². The van der Waals surface area contributed by atoms with E-state index in [-0.39, 0.29) is 0 Å². The summed E-state index contributed by atoms with van der Waals surface area (Å²) in [6, 6.07) is 47.8. The number of benzene rings is 6. The molecule has 4 heteroatoms. The highest BCUT2D eigenvalue weighted by Crippen LogP contribution is 2.41. The Labute approximate surface area is 250 Å². The second-order valence-electron chi connectivity index (χ2n) is 10.6. The standard InChI is InChI=1S/C38H22N2S2/c1-2-8-26-21-27(18-15-23(26)7-1)24-13-16-25(17-14-24)35-37-36(31-10-4-6-12-33(31)42-37)40-38(39-35)28-19-20-30-29-9-3-5-11-32(29)41-34(30)22-28/h1-22H. The highest BCUT2D eigenvalue weighted by atomic mass is 32.1. The number of fused-ring (bicyclic) bond motifs is 7. The van der Waals surface area contributed by atoms with Crippen LogP contribution in [-0.2, 0) is 0 Å². The van der Waals surface area contributed by atoms with E-state index in [0.29, 0.717) is 0 Å². The van der Waals surface area contributed by atoms with Gasteiger partial charge in [0.25, 0.3) is 0 Å². The Balaban J connectivity index is 1.21. The molecule has 2 nitrogen and oxygen atoms in total. The number of hydrogen-bond donors (Lipinski definition) is 0. The summed E-state index contributed by atoms with van der Waals surface area (Å²) in [6.07, 6.45) is 0. The van der Waals surface area contributed by atoms with Crippen molar-refractivity contribution in [3.8, 4) is 33.8 Å². The number of rotatable bonds is 3. The van der Waals surface area contributed by atoms with Crippen molar-refractivity contribution in [2.75, 3.05) is 0 Å². The van der Waals surface area contributed by atoms with Crippen LogP contribution in [0.3, 0.4) is 0 Å². The summed E-state index contributed by atoms with van der Waals surface area (Å²) >= 11 is 3.60. The molecule has 0 atom stereocenters. The second-order valence-corrected chi connectivity index (χ2v) is 12.8. The predicted molar refractivity (Wildman–Crippen MR) is 182 cm³/mol. The highest BCUT2D eigenvalue weighted by molar-refractivity contribution is 7.26. The maximum atomic E-state index is 5.24. The summed E-state index contributed by atoms with van der Waals surface area (Å²) in [7, 11) is 0. The SMILES string of the molecule is c1ccc2cc(-c3ccc(-c4nc(-c5ccc6c(c5)sc5ccccc56)nc5c4sc4ccccc45)cc3)ccc2c1. The number of nitrogens with zero attached hydrogens (tertiary/aromatic N) is 2. The van der Waals surface area contributed by atoms with E-state index in [1.54, 1.807) is 11.3 Å². The van der Waals surface area contributed by atoms with E-state index in [2.05, 4.69) is 133 Å². The van der Waals surface area contributed by atoms with E-state index in [4.69, 9.17) is 9.97 Å². The fourth-order valence-corrected chi connectivity index (χ4v) is 8.27. The summed E-state index contributed by atoms with van der Waals surface area (Å²) in [5, 5.41) is 6.27. The van der Waals surface area contributed by atoms with Gasteiger partial charge in [-0.1, -0.05) is 109 Å². The van der Waals surface area contributed by atoms with Crippen molar-refractivity contribution in [3.05, 3.63) is 133 Å². The molecule has 0 aliphatic rings. The van der Waals surface area contributed by atoms with Crippen LogP contribution in [0.5, 0.6) is 0 Å². The molecule has 0 spiro atoms. The van der Waals surface area contributed by atoms with Crippen molar-refractivity contribution in [3.63, 3.8) is 0 Å². The number of hydrogen-bond acceptors (Lipinski definition) is 4. The predicted octanol–water partition coefficient (Wildman–Crippen LogP) is 11.4. The molecule has 3 aromatic heterocycles. The average Bonchev–Trinajstić information content (AvgIpc) is 3.62. The quantitative estimate of drug-likeness (QED) is 0.211. The van der Waals surface area contributed by atoms with Crippen LogP contribution in [-0.4, -0.2) is 9.97 Å². The van der Waals surface area contributed by atoms with Gasteiger partial charge in [-0.3, -0.25) is 0 Å². The van der Waals surface area contributed by atoms with Crippen LogP contribution < -0.4 is 0 Å². The summed E-state index contributed by atoms with van der Waals surface area (Å²) in [5.74, 6) is 0.763. The maximum absolute atomic E-state index is 5.24. The zero-order valence-electron chi connectivity index (χ0n) is 22.4. The van der Waals surface area contributed by atoms with Crippen LogP contribution in [0.25, 0.3) is 85.0 Å². The van der Waals surface area contributed by atoms with Gasteiger partial charge in [0.05, 0.1) is 15.9 Å². The van der Waals surface area contributed by atoms with Gasteiger partial charge in [-0.25, -0.2) is 9.97 Å². The normalized spacial score (nSPS) is 11.8. The molecule has 0 N–H and O–H groups in total. The topological polar surface area (TPSA) is 25.8 Å². The lowest BCUT2D eigenvalue weighted by Gasteiger charge is -2.09. The minimum absolute atomic E-state index is 0.763. The Morgan fingerprint density at radius 3 is 1.90 bits per heavy atom. The first-order valence-electron chi connectivity index (χ1n) is 14.0. The first kappa shape index (κ1) is 23.8. The molecule has 196 valence electrons. The monoisotopic (exact) mass is 570 g/mol. The van der Waals surface area contributed by atoms with E-state index >= 15 is 0 Å². The van der Waals surface area contributed by atoms with Crippen LogP contribution >= 0.6 is 22.7 Å². The summed E-state index contributed by atoms with van der Waals surface area (Å²) in [6.45, 7) is 0. The largest absolute Gasteiger partial charge is 0.226 e. The lowest BCUT2D eigenvalue weighted by molar-refractivity contribution is 1.24. The Bertz CT molecular complexity index is 2470. The molecule has 0 radical (unpaired) electrons. The van der Waals surface area contributed by atoms with E-state index in [1.807, 2.05) is 11.3 Å². The van der Waals surface area contributed by atoms with E-state index in [1.165, 1.54) is 52.2 Å². The third kappa shape index (κ3) is 3.77. The van der Waals surface area contributed by atoms with E-state index in [9.17, 15) is 0 Å². The Kier molecular flexibility index (Phi) is 5.27. The fourth-order valence-electron chi connectivity index (χ4n) is 5.97. The molecule has 3 heterocycles. The molecule has 0 saturated heterocycles. The molecule has 0 saturated carbocycles. The fraction of sp³-hybridized carbons (Fsp3) is 0. The lowest BCUT2D eigenvalue weighted by Crippen LogP contribution is -1.93. The van der Waals surface area contributed by atoms with Gasteiger partial charge in [0.1, 0.15) is 0 Å². The van der Waals surface area contributed by atoms with Gasteiger partial charge in [0, 0.05) is 41.4 Å². The van der Waals surface area contributed by atoms with Crippen LogP contribution in [0.1, 0.15) is 0 Å². The summed E-state index contributed by atoms with van der Waals surface area (Å²) in [4.78, 5) is 10.4. The van der Waals surface area contributed by atoms with Crippen molar-refractivity contribution >= 4 is 73.9 Å². The molecule has 6 aromatic carbocycles. The number of thiophene rings is 2. The smallest absolute Gasteiger partial charge is 0.160 e. The molecule has 42 heavy (non-hydrogen) atoms. The molecule has 0 fully saturated rings. The summed E-state index contributed by atoms with van der Waals surface area (Å²) in [5.41, 5.74) is 6.56. The molecule has 0 bridgehead atoms. The maximum Gasteiger partial charge on any atom is 0.160 e. The van der Waals surface area contributed by atoms with Crippen molar-refractivity contribution < 1.29 is 0 Å². The van der Waals surface area contributed by atoms with Gasteiger partial charge in [-0.15, -0.1) is 22.7 Å². The average molecular weight is 571 g/mol. The minimum atomic E-state index is 0.763. The minimum Gasteiger partial charge on any atom is -0.226 e. The first-order valence-corrected chi connectivity index (χ1v) is 15.6. The molecule has 0 aliphatic carbocycles. The zero-order valence-corrected chi connectivity index (χ0v) is 24.0. The zero-order chi connectivity index (χ0) is 27.6. The van der Waals surface area contributed by atoms with Gasteiger partial charge in [0.15, 0.2) is 5.82 Å². The molecule has 0 amide bonds. The van der Waals surface area contributed by atoms with Crippen LogP contribution in [0, 0.1) is 0 Å². The molecule has 9 rings (SSSR count). The van der Waals surface area contributed by atoms with Gasteiger partial charge < -0.3 is 0 Å². The van der Waals surface area contributed by atoms with Crippen molar-refractivity contribution in [1.29, 1.82) is 0 Å². The second kappa shape index (κ2) is 9.31. The van der Waals surface area contributed by atoms with Crippen molar-refractivity contribution in [2.45, 2.75) is 0 Å². The van der Waals surface area contributed by atoms with Gasteiger partial charge >= 0.3 is 0 Å². The van der Waals surface area contributed by atoms with Crippen LogP contribution in [0.4, 0.5) is 0 Å². The van der Waals surface area contributed by atoms with E-state index < -0.39 is 0 Å². The Morgan fingerprint density at radius 1 is 0.405 bits per heavy atom.